The van der Waals surface area contributed by atoms with E-state index in [1.165, 1.54) is 18.3 Å². The highest BCUT2D eigenvalue weighted by Crippen LogP contribution is 2.10. The van der Waals surface area contributed by atoms with E-state index in [2.05, 4.69) is 15.8 Å². The van der Waals surface area contributed by atoms with Crippen molar-refractivity contribution in [3.63, 3.8) is 0 Å². The lowest BCUT2D eigenvalue weighted by Crippen LogP contribution is -2.32. The third-order valence-corrected chi connectivity index (χ3v) is 3.10. The maximum absolute atomic E-state index is 11.7. The zero-order valence-electron chi connectivity index (χ0n) is 12.6. The average Bonchev–Trinajstić information content (AvgIpc) is 2.57. The molecule has 118 valence electrons. The SMILES string of the molecule is CCc1ccc(NC(=O)C(=O)N/N=C\c2ccc(O)cc2)cc1. The molecule has 0 aliphatic heterocycles. The molecule has 0 fully saturated rings. The zero-order valence-corrected chi connectivity index (χ0v) is 12.6. The Morgan fingerprint density at radius 3 is 2.30 bits per heavy atom. The van der Waals surface area contributed by atoms with Crippen LogP contribution in [-0.4, -0.2) is 23.1 Å². The van der Waals surface area contributed by atoms with E-state index in [4.69, 9.17) is 5.11 Å². The quantitative estimate of drug-likeness (QED) is 0.458. The largest absolute Gasteiger partial charge is 0.508 e. The number of hydrazone groups is 1. The second-order valence-electron chi connectivity index (χ2n) is 4.80. The minimum Gasteiger partial charge on any atom is -0.508 e. The first-order chi connectivity index (χ1) is 11.1. The maximum atomic E-state index is 11.7. The number of aryl methyl sites for hydroxylation is 1. The minimum absolute atomic E-state index is 0.139. The Balaban J connectivity index is 1.86. The number of carbonyl (C=O) groups excluding carboxylic acids is 2. The molecule has 0 heterocycles. The van der Waals surface area contributed by atoms with Crippen LogP contribution in [0.2, 0.25) is 0 Å². The summed E-state index contributed by atoms with van der Waals surface area (Å²) in [5.41, 5.74) is 4.51. The molecule has 0 unspecified atom stereocenters. The van der Waals surface area contributed by atoms with Crippen LogP contribution in [0.5, 0.6) is 5.75 Å². The van der Waals surface area contributed by atoms with Crippen LogP contribution >= 0.6 is 0 Å². The van der Waals surface area contributed by atoms with Gasteiger partial charge in [0.1, 0.15) is 5.75 Å². The van der Waals surface area contributed by atoms with Crippen molar-refractivity contribution in [2.75, 3.05) is 5.32 Å². The van der Waals surface area contributed by atoms with Gasteiger partial charge in [-0.25, -0.2) is 5.43 Å². The van der Waals surface area contributed by atoms with Crippen molar-refractivity contribution >= 4 is 23.7 Å². The van der Waals surface area contributed by atoms with Crippen molar-refractivity contribution < 1.29 is 14.7 Å². The Bertz CT molecular complexity index is 707. The molecule has 6 nitrogen and oxygen atoms in total. The Hall–Kier alpha value is -3.15. The Labute approximate surface area is 133 Å². The van der Waals surface area contributed by atoms with Crippen LogP contribution in [0.4, 0.5) is 5.69 Å². The van der Waals surface area contributed by atoms with Gasteiger partial charge in [-0.3, -0.25) is 9.59 Å². The number of nitrogens with one attached hydrogen (secondary N) is 2. The van der Waals surface area contributed by atoms with Crippen molar-refractivity contribution in [3.05, 3.63) is 59.7 Å². The first-order valence-electron chi connectivity index (χ1n) is 7.11. The van der Waals surface area contributed by atoms with Gasteiger partial charge in [0.05, 0.1) is 6.21 Å². The van der Waals surface area contributed by atoms with Crippen molar-refractivity contribution in [1.82, 2.24) is 5.43 Å². The third kappa shape index (κ3) is 4.96. The molecule has 2 amide bonds. The number of phenols is 1. The second-order valence-corrected chi connectivity index (χ2v) is 4.80. The van der Waals surface area contributed by atoms with Gasteiger partial charge in [-0.15, -0.1) is 0 Å². The molecule has 0 aliphatic rings. The number of anilines is 1. The molecule has 2 rings (SSSR count). The summed E-state index contributed by atoms with van der Waals surface area (Å²) in [7, 11) is 0. The van der Waals surface area contributed by atoms with E-state index in [-0.39, 0.29) is 5.75 Å². The van der Waals surface area contributed by atoms with Crippen LogP contribution in [0.3, 0.4) is 0 Å². The molecule has 0 spiro atoms. The van der Waals surface area contributed by atoms with E-state index in [1.54, 1.807) is 24.3 Å². The summed E-state index contributed by atoms with van der Waals surface area (Å²) in [5, 5.41) is 15.3. The molecule has 0 radical (unpaired) electrons. The van der Waals surface area contributed by atoms with Crippen molar-refractivity contribution in [2.24, 2.45) is 5.10 Å². The number of amides is 2. The highest BCUT2D eigenvalue weighted by atomic mass is 16.3. The normalized spacial score (nSPS) is 10.5. The summed E-state index contributed by atoms with van der Waals surface area (Å²) in [4.78, 5) is 23.4. The van der Waals surface area contributed by atoms with Crippen LogP contribution in [0.25, 0.3) is 0 Å². The topological polar surface area (TPSA) is 90.8 Å². The number of hydrogen-bond acceptors (Lipinski definition) is 4. The van der Waals surface area contributed by atoms with E-state index < -0.39 is 11.8 Å². The van der Waals surface area contributed by atoms with Crippen molar-refractivity contribution in [1.29, 1.82) is 0 Å². The Kier molecular flexibility index (Phi) is 5.46. The summed E-state index contributed by atoms with van der Waals surface area (Å²) in [6, 6.07) is 13.5. The molecule has 0 aliphatic carbocycles. The zero-order chi connectivity index (χ0) is 16.7. The molecule has 3 N–H and O–H groups in total. The molecule has 2 aromatic rings. The van der Waals surface area contributed by atoms with Gasteiger partial charge in [0.2, 0.25) is 0 Å². The van der Waals surface area contributed by atoms with Gasteiger partial charge in [-0.2, -0.15) is 5.10 Å². The minimum atomic E-state index is -0.861. The van der Waals surface area contributed by atoms with Gasteiger partial charge < -0.3 is 10.4 Å². The monoisotopic (exact) mass is 311 g/mol. The van der Waals surface area contributed by atoms with Crippen LogP contribution in [0.1, 0.15) is 18.1 Å². The first kappa shape index (κ1) is 16.2. The summed E-state index contributed by atoms with van der Waals surface area (Å²) < 4.78 is 0. The highest BCUT2D eigenvalue weighted by molar-refractivity contribution is 6.39. The van der Waals surface area contributed by atoms with E-state index >= 15 is 0 Å². The van der Waals surface area contributed by atoms with E-state index in [1.807, 2.05) is 19.1 Å². The standard InChI is InChI=1S/C17H17N3O3/c1-2-12-3-7-14(8-4-12)19-16(22)17(23)20-18-11-13-5-9-15(21)10-6-13/h3-11,21H,2H2,1H3,(H,19,22)(H,20,23)/b18-11-. The number of benzene rings is 2. The van der Waals surface area contributed by atoms with E-state index in [0.717, 1.165) is 12.0 Å². The molecule has 0 aromatic heterocycles. The van der Waals surface area contributed by atoms with Crippen LogP contribution in [0.15, 0.2) is 53.6 Å². The lowest BCUT2D eigenvalue weighted by atomic mass is 10.1. The third-order valence-electron chi connectivity index (χ3n) is 3.10. The number of phenolic OH excluding ortho intramolecular Hbond substituents is 1. The van der Waals surface area contributed by atoms with Gasteiger partial charge >= 0.3 is 11.8 Å². The fourth-order valence-electron chi connectivity index (χ4n) is 1.79. The summed E-state index contributed by atoms with van der Waals surface area (Å²) in [6.45, 7) is 2.03. The number of rotatable bonds is 4. The summed E-state index contributed by atoms with van der Waals surface area (Å²) in [6.07, 6.45) is 2.28. The van der Waals surface area contributed by atoms with Gasteiger partial charge in [0, 0.05) is 5.69 Å². The number of aromatic hydroxyl groups is 1. The van der Waals surface area contributed by atoms with Crippen LogP contribution in [-0.2, 0) is 16.0 Å². The fourth-order valence-corrected chi connectivity index (χ4v) is 1.79. The Morgan fingerprint density at radius 2 is 1.70 bits per heavy atom. The summed E-state index contributed by atoms with van der Waals surface area (Å²) in [5.74, 6) is -1.52. The molecule has 6 heteroatoms. The predicted octanol–water partition coefficient (Wildman–Crippen LogP) is 2.04. The summed E-state index contributed by atoms with van der Waals surface area (Å²) >= 11 is 0. The number of nitrogens with zero attached hydrogens (tertiary/aromatic N) is 1. The van der Waals surface area contributed by atoms with E-state index in [9.17, 15) is 9.59 Å². The van der Waals surface area contributed by atoms with Crippen LogP contribution < -0.4 is 10.7 Å². The molecule has 0 saturated carbocycles. The molecular weight excluding hydrogens is 294 g/mol. The van der Waals surface area contributed by atoms with E-state index in [0.29, 0.717) is 11.3 Å². The van der Waals surface area contributed by atoms with Gasteiger partial charge in [-0.05, 0) is 53.9 Å². The second kappa shape index (κ2) is 7.74. The average molecular weight is 311 g/mol. The molecule has 2 aromatic carbocycles. The maximum Gasteiger partial charge on any atom is 0.329 e. The van der Waals surface area contributed by atoms with Gasteiger partial charge in [-0.1, -0.05) is 19.1 Å². The molecule has 23 heavy (non-hydrogen) atoms. The lowest BCUT2D eigenvalue weighted by Gasteiger charge is -2.04. The predicted molar refractivity (Wildman–Crippen MR) is 88.3 cm³/mol. The first-order valence-corrected chi connectivity index (χ1v) is 7.11. The molecule has 0 saturated heterocycles. The van der Waals surface area contributed by atoms with Crippen LogP contribution in [0, 0.1) is 0 Å². The van der Waals surface area contributed by atoms with Gasteiger partial charge in [0.15, 0.2) is 0 Å². The molecule has 0 bridgehead atoms. The molecule has 0 atom stereocenters. The lowest BCUT2D eigenvalue weighted by molar-refractivity contribution is -0.136. The number of hydrogen-bond donors (Lipinski definition) is 3. The van der Waals surface area contributed by atoms with Gasteiger partial charge in [0.25, 0.3) is 0 Å². The fraction of sp³-hybridized carbons (Fsp3) is 0.118. The Morgan fingerprint density at radius 1 is 1.04 bits per heavy atom. The van der Waals surface area contributed by atoms with Crippen molar-refractivity contribution in [2.45, 2.75) is 13.3 Å². The smallest absolute Gasteiger partial charge is 0.329 e. The molecular formula is C17H17N3O3. The highest BCUT2D eigenvalue weighted by Gasteiger charge is 2.12. The number of carbonyl (C=O) groups is 2. The van der Waals surface area contributed by atoms with Crippen molar-refractivity contribution in [3.8, 4) is 5.75 Å².